The topological polar surface area (TPSA) is 61.1 Å². The molecule has 2 aromatic heterocycles. The van der Waals surface area contributed by atoms with Gasteiger partial charge in [-0.2, -0.15) is 9.37 Å². The number of rotatable bonds is 7. The van der Waals surface area contributed by atoms with E-state index < -0.39 is 23.0 Å². The molecule has 0 fully saturated rings. The van der Waals surface area contributed by atoms with Crippen molar-refractivity contribution in [2.75, 3.05) is 19.0 Å². The molecule has 0 saturated heterocycles. The van der Waals surface area contributed by atoms with Gasteiger partial charge in [0, 0.05) is 42.7 Å². The molecule has 1 aliphatic rings. The molecule has 1 aromatic carbocycles. The number of nitrogens with one attached hydrogen (secondary N) is 1. The fourth-order valence-electron chi connectivity index (χ4n) is 3.95. The molecule has 3 aromatic rings. The number of methoxy groups -OCH3 is 1. The molecule has 0 radical (unpaired) electrons. The van der Waals surface area contributed by atoms with Crippen molar-refractivity contribution in [1.29, 1.82) is 0 Å². The van der Waals surface area contributed by atoms with Gasteiger partial charge in [0.1, 0.15) is 11.6 Å². The zero-order chi connectivity index (χ0) is 22.8. The van der Waals surface area contributed by atoms with Gasteiger partial charge in [-0.15, -0.1) is 0 Å². The lowest BCUT2D eigenvalue weighted by atomic mass is 9.99. The van der Waals surface area contributed by atoms with Crippen molar-refractivity contribution in [1.82, 2.24) is 14.1 Å². The lowest BCUT2D eigenvalue weighted by molar-refractivity contribution is 0.186. The average molecular weight is 444 g/mol. The monoisotopic (exact) mass is 444 g/mol. The summed E-state index contributed by atoms with van der Waals surface area (Å²) < 4.78 is 49.8. The maximum Gasteiger partial charge on any atom is 0.310 e. The Labute approximate surface area is 182 Å². The predicted molar refractivity (Wildman–Crippen MR) is 115 cm³/mol. The van der Waals surface area contributed by atoms with E-state index in [9.17, 15) is 18.0 Å². The normalized spacial score (nSPS) is 15.4. The highest BCUT2D eigenvalue weighted by atomic mass is 19.1. The van der Waals surface area contributed by atoms with Crippen LogP contribution in [-0.4, -0.2) is 33.9 Å². The molecule has 6 nitrogen and oxygen atoms in total. The van der Waals surface area contributed by atoms with Crippen molar-refractivity contribution in [3.63, 3.8) is 0 Å². The molecule has 1 atom stereocenters. The minimum Gasteiger partial charge on any atom is -0.383 e. The van der Waals surface area contributed by atoms with E-state index in [1.807, 2.05) is 19.2 Å². The summed E-state index contributed by atoms with van der Waals surface area (Å²) in [4.78, 5) is 15.7. The Balaban J connectivity index is 1.66. The van der Waals surface area contributed by atoms with E-state index in [-0.39, 0.29) is 24.1 Å². The number of benzene rings is 1. The van der Waals surface area contributed by atoms with Crippen LogP contribution in [0.4, 0.5) is 19.1 Å². The van der Waals surface area contributed by atoms with Gasteiger partial charge in [-0.05, 0) is 42.7 Å². The number of hydrogen-bond donors (Lipinski definition) is 1. The van der Waals surface area contributed by atoms with Crippen molar-refractivity contribution in [2.24, 2.45) is 0 Å². The van der Waals surface area contributed by atoms with Gasteiger partial charge in [0.25, 0.3) is 0 Å². The van der Waals surface area contributed by atoms with Gasteiger partial charge in [0.15, 0.2) is 0 Å². The second-order valence-corrected chi connectivity index (χ2v) is 7.74. The van der Waals surface area contributed by atoms with Crippen LogP contribution in [0.15, 0.2) is 41.5 Å². The Morgan fingerprint density at radius 1 is 1.19 bits per heavy atom. The Hall–Kier alpha value is -3.33. The van der Waals surface area contributed by atoms with E-state index in [1.54, 1.807) is 7.11 Å². The van der Waals surface area contributed by atoms with Crippen molar-refractivity contribution >= 4 is 17.6 Å². The minimum absolute atomic E-state index is 0.0602. The second kappa shape index (κ2) is 9.04. The number of nitrogens with zero attached hydrogens (tertiary/aromatic N) is 3. The number of halogens is 3. The molecule has 0 amide bonds. The van der Waals surface area contributed by atoms with Gasteiger partial charge in [0.05, 0.1) is 19.2 Å². The standard InChI is InChI=1S/C23H23F3N4O2/c1-14-18-5-6-29(7-8-32-2)21(18)4-3-20(14)27-23-28-22(31)19(26)13-30(23)12-15-9-16(24)11-17(25)10-15/h4-6,9-11,13,20H,3,7-8,12H2,1-2H3,(H,27,28,31). The van der Waals surface area contributed by atoms with Crippen LogP contribution in [0.5, 0.6) is 0 Å². The van der Waals surface area contributed by atoms with Crippen LogP contribution in [0.25, 0.3) is 11.6 Å². The minimum atomic E-state index is -1.04. The van der Waals surface area contributed by atoms with E-state index in [0.29, 0.717) is 13.0 Å². The maximum atomic E-state index is 14.0. The molecule has 1 N–H and O–H groups in total. The molecule has 2 heterocycles. The fraction of sp³-hybridized carbons (Fsp3) is 0.304. The first-order chi connectivity index (χ1) is 15.4. The highest BCUT2D eigenvalue weighted by molar-refractivity contribution is 5.58. The quantitative estimate of drug-likeness (QED) is 0.606. The van der Waals surface area contributed by atoms with Crippen molar-refractivity contribution in [3.8, 4) is 0 Å². The summed E-state index contributed by atoms with van der Waals surface area (Å²) in [5.74, 6) is -2.39. The number of fused-ring (bicyclic) bond motifs is 1. The molecule has 1 unspecified atom stereocenters. The van der Waals surface area contributed by atoms with Gasteiger partial charge >= 0.3 is 5.56 Å². The summed E-state index contributed by atoms with van der Waals surface area (Å²) in [5.41, 5.74) is 0.322. The van der Waals surface area contributed by atoms with Crippen LogP contribution in [0.3, 0.4) is 0 Å². The van der Waals surface area contributed by atoms with Gasteiger partial charge in [-0.1, -0.05) is 6.08 Å². The van der Waals surface area contributed by atoms with Crippen LogP contribution in [0.1, 0.15) is 18.9 Å². The van der Waals surface area contributed by atoms with Gasteiger partial charge < -0.3 is 19.2 Å². The summed E-state index contributed by atoms with van der Waals surface area (Å²) in [6, 6.07) is 4.91. The van der Waals surface area contributed by atoms with E-state index in [0.717, 1.165) is 47.1 Å². The third-order valence-corrected chi connectivity index (χ3v) is 5.57. The molecule has 9 heteroatoms. The van der Waals surface area contributed by atoms with Gasteiger partial charge in [0.2, 0.25) is 11.8 Å². The molecule has 1 aliphatic carbocycles. The molecule has 0 saturated carbocycles. The Morgan fingerprint density at radius 3 is 2.66 bits per heavy atom. The van der Waals surface area contributed by atoms with Gasteiger partial charge in [-0.3, -0.25) is 4.79 Å². The Bertz CT molecular complexity index is 1310. The maximum absolute atomic E-state index is 14.0. The van der Waals surface area contributed by atoms with E-state index in [1.165, 1.54) is 4.57 Å². The molecule has 0 bridgehead atoms. The molecule has 0 aliphatic heterocycles. The zero-order valence-electron chi connectivity index (χ0n) is 17.7. The summed E-state index contributed by atoms with van der Waals surface area (Å²) in [6.07, 6.45) is 5.70. The highest BCUT2D eigenvalue weighted by Crippen LogP contribution is 2.17. The highest BCUT2D eigenvalue weighted by Gasteiger charge is 2.19. The SMILES string of the molecule is COCCn1ccc2c1=CCC(Nc1nc(=O)c(F)cn1Cc1cc(F)cc(F)c1)C=2C. The molecule has 32 heavy (non-hydrogen) atoms. The van der Waals surface area contributed by atoms with Crippen LogP contribution < -0.4 is 21.4 Å². The number of anilines is 1. The number of ether oxygens (including phenoxy) is 1. The molecular formula is C23H23F3N4O2. The molecular weight excluding hydrogens is 421 g/mol. The van der Waals surface area contributed by atoms with E-state index >= 15 is 0 Å². The molecule has 0 spiro atoms. The van der Waals surface area contributed by atoms with Crippen molar-refractivity contribution in [2.45, 2.75) is 32.5 Å². The average Bonchev–Trinajstić information content (AvgIpc) is 3.15. The largest absolute Gasteiger partial charge is 0.383 e. The second-order valence-electron chi connectivity index (χ2n) is 7.74. The number of aromatic nitrogens is 3. The summed E-state index contributed by atoms with van der Waals surface area (Å²) >= 11 is 0. The summed E-state index contributed by atoms with van der Waals surface area (Å²) in [6.45, 7) is 3.26. The predicted octanol–water partition coefficient (Wildman–Crippen LogP) is 1.99. The number of hydrogen-bond acceptors (Lipinski definition) is 4. The summed E-state index contributed by atoms with van der Waals surface area (Å²) in [5, 5.41) is 5.36. The van der Waals surface area contributed by atoms with Crippen molar-refractivity contribution < 1.29 is 17.9 Å². The Morgan fingerprint density at radius 2 is 1.94 bits per heavy atom. The molecule has 4 rings (SSSR count). The zero-order valence-corrected chi connectivity index (χ0v) is 17.7. The van der Waals surface area contributed by atoms with Crippen LogP contribution in [0, 0.1) is 17.5 Å². The first-order valence-corrected chi connectivity index (χ1v) is 10.2. The molecule has 168 valence electrons. The van der Waals surface area contributed by atoms with Crippen LogP contribution in [-0.2, 0) is 17.8 Å². The summed E-state index contributed by atoms with van der Waals surface area (Å²) in [7, 11) is 1.66. The third-order valence-electron chi connectivity index (χ3n) is 5.57. The van der Waals surface area contributed by atoms with Gasteiger partial charge in [-0.25, -0.2) is 8.78 Å². The smallest absolute Gasteiger partial charge is 0.310 e. The Kier molecular flexibility index (Phi) is 6.18. The lowest BCUT2D eigenvalue weighted by Crippen LogP contribution is -2.40. The first kappa shape index (κ1) is 21.9. The third kappa shape index (κ3) is 4.47. The van der Waals surface area contributed by atoms with E-state index in [4.69, 9.17) is 4.74 Å². The lowest BCUT2D eigenvalue weighted by Gasteiger charge is -2.23. The van der Waals surface area contributed by atoms with Crippen LogP contribution >= 0.6 is 0 Å². The van der Waals surface area contributed by atoms with E-state index in [2.05, 4.69) is 20.9 Å². The van der Waals surface area contributed by atoms with Crippen LogP contribution in [0.2, 0.25) is 0 Å². The first-order valence-electron chi connectivity index (χ1n) is 10.2. The van der Waals surface area contributed by atoms with Crippen molar-refractivity contribution in [3.05, 3.63) is 80.6 Å². The fourth-order valence-corrected chi connectivity index (χ4v) is 3.95.